The van der Waals surface area contributed by atoms with E-state index in [0.717, 1.165) is 33.9 Å². The number of benzene rings is 5. The van der Waals surface area contributed by atoms with Gasteiger partial charge in [-0.3, -0.25) is 9.59 Å². The van der Waals surface area contributed by atoms with Gasteiger partial charge in [0, 0.05) is 43.1 Å². The van der Waals surface area contributed by atoms with Gasteiger partial charge in [-0.15, -0.1) is 0 Å². The van der Waals surface area contributed by atoms with Crippen LogP contribution in [0.25, 0.3) is 32.8 Å². The van der Waals surface area contributed by atoms with E-state index in [9.17, 15) is 28.0 Å². The van der Waals surface area contributed by atoms with Crippen LogP contribution in [0.5, 0.6) is 0 Å². The summed E-state index contributed by atoms with van der Waals surface area (Å²) in [6, 6.07) is 27.0. The molecule has 0 radical (unpaired) electrons. The van der Waals surface area contributed by atoms with Crippen LogP contribution in [0, 0.1) is 24.2 Å². The molecular formula is C46H37F3N4O5. The minimum atomic E-state index is -4.68. The molecule has 9 nitrogen and oxygen atoms in total. The molecular weight excluding hydrogens is 746 g/mol. The molecule has 1 amide bonds. The molecule has 3 atom stereocenters. The predicted octanol–water partition coefficient (Wildman–Crippen LogP) is 8.54. The SMILES string of the molecule is CCOC(=O)c1nccc(-c2c(C)c3ccccc3c3ccc4c(c23)C(c2ccc(C#N)cc2)C(CC(=O)N2CCOCC2)C(=O)C4c2cccc(C(F)(F)F)c2)n1. The van der Waals surface area contributed by atoms with Crippen molar-refractivity contribution in [3.8, 4) is 17.3 Å². The lowest BCUT2D eigenvalue weighted by atomic mass is 9.62. The number of hydrogen-bond acceptors (Lipinski definition) is 8. The summed E-state index contributed by atoms with van der Waals surface area (Å²) in [6.45, 7) is 5.09. The van der Waals surface area contributed by atoms with Crippen molar-refractivity contribution in [3.05, 3.63) is 142 Å². The number of rotatable bonds is 7. The monoisotopic (exact) mass is 782 g/mol. The minimum absolute atomic E-state index is 0.111. The number of ketones is 1. The summed E-state index contributed by atoms with van der Waals surface area (Å²) in [4.78, 5) is 53.1. The van der Waals surface area contributed by atoms with Crippen LogP contribution in [0.1, 0.15) is 74.7 Å². The van der Waals surface area contributed by atoms with Gasteiger partial charge in [-0.25, -0.2) is 14.8 Å². The first-order valence-electron chi connectivity index (χ1n) is 19.0. The molecule has 0 saturated carbocycles. The molecule has 1 fully saturated rings. The number of aromatic nitrogens is 2. The van der Waals surface area contributed by atoms with Gasteiger partial charge in [0.2, 0.25) is 11.7 Å². The van der Waals surface area contributed by atoms with Crippen molar-refractivity contribution >= 4 is 39.2 Å². The number of hydrogen-bond donors (Lipinski definition) is 0. The Hall–Kier alpha value is -6.45. The summed E-state index contributed by atoms with van der Waals surface area (Å²) in [6.07, 6.45) is -3.43. The number of amides is 1. The normalized spacial score (nSPS) is 18.2. The third-order valence-corrected chi connectivity index (χ3v) is 11.3. The van der Waals surface area contributed by atoms with E-state index in [-0.39, 0.29) is 30.3 Å². The largest absolute Gasteiger partial charge is 0.460 e. The summed E-state index contributed by atoms with van der Waals surface area (Å²) < 4.78 is 53.6. The highest BCUT2D eigenvalue weighted by atomic mass is 19.4. The zero-order valence-electron chi connectivity index (χ0n) is 31.7. The van der Waals surface area contributed by atoms with Crippen LogP contribution in [-0.4, -0.2) is 65.4 Å². The lowest BCUT2D eigenvalue weighted by Crippen LogP contribution is -2.44. The molecule has 2 aliphatic rings. The van der Waals surface area contributed by atoms with Crippen LogP contribution < -0.4 is 0 Å². The molecule has 2 heterocycles. The number of alkyl halides is 3. The van der Waals surface area contributed by atoms with Gasteiger partial charge in [0.05, 0.1) is 48.6 Å². The number of carbonyl (C=O) groups excluding carboxylic acids is 3. The minimum Gasteiger partial charge on any atom is -0.460 e. The van der Waals surface area contributed by atoms with Gasteiger partial charge in [0.15, 0.2) is 0 Å². The number of nitriles is 1. The average molecular weight is 783 g/mol. The van der Waals surface area contributed by atoms with E-state index in [1.54, 1.807) is 42.2 Å². The quantitative estimate of drug-likeness (QED) is 0.117. The van der Waals surface area contributed by atoms with Gasteiger partial charge < -0.3 is 14.4 Å². The first kappa shape index (κ1) is 38.4. The molecule has 12 heteroatoms. The van der Waals surface area contributed by atoms with Gasteiger partial charge in [-0.1, -0.05) is 66.7 Å². The van der Waals surface area contributed by atoms with Crippen molar-refractivity contribution in [2.75, 3.05) is 32.9 Å². The topological polar surface area (TPSA) is 122 Å². The van der Waals surface area contributed by atoms with Crippen LogP contribution in [0.4, 0.5) is 13.2 Å². The van der Waals surface area contributed by atoms with Gasteiger partial charge in [-0.05, 0) is 87.5 Å². The second-order valence-corrected chi connectivity index (χ2v) is 14.5. The number of esters is 1. The van der Waals surface area contributed by atoms with E-state index in [0.29, 0.717) is 65.2 Å². The molecule has 1 aliphatic carbocycles. The van der Waals surface area contributed by atoms with Crippen LogP contribution in [0.15, 0.2) is 97.2 Å². The fourth-order valence-corrected chi connectivity index (χ4v) is 8.68. The van der Waals surface area contributed by atoms with E-state index >= 15 is 4.79 Å². The Bertz CT molecular complexity index is 2650. The predicted molar refractivity (Wildman–Crippen MR) is 210 cm³/mol. The molecule has 0 bridgehead atoms. The Morgan fingerprint density at radius 2 is 1.67 bits per heavy atom. The van der Waals surface area contributed by atoms with E-state index in [1.165, 1.54) is 18.3 Å². The number of Topliss-reactive ketones (excluding diaryl/α,β-unsaturated/α-hetero) is 1. The second kappa shape index (κ2) is 15.5. The summed E-state index contributed by atoms with van der Waals surface area (Å²) in [5, 5.41) is 13.0. The summed E-state index contributed by atoms with van der Waals surface area (Å²) in [7, 11) is 0. The van der Waals surface area contributed by atoms with E-state index in [1.807, 2.05) is 43.3 Å². The van der Waals surface area contributed by atoms with Crippen molar-refractivity contribution in [3.63, 3.8) is 0 Å². The Morgan fingerprint density at radius 3 is 2.38 bits per heavy atom. The van der Waals surface area contributed by atoms with Crippen LogP contribution in [0.2, 0.25) is 0 Å². The smallest absolute Gasteiger partial charge is 0.416 e. The molecule has 5 aromatic carbocycles. The highest BCUT2D eigenvalue weighted by Crippen LogP contribution is 2.53. The molecule has 6 aromatic rings. The van der Waals surface area contributed by atoms with Gasteiger partial charge in [0.1, 0.15) is 5.78 Å². The fraction of sp³-hybridized carbons (Fsp3) is 0.261. The maximum atomic E-state index is 15.3. The number of morpholine rings is 1. The van der Waals surface area contributed by atoms with Crippen molar-refractivity contribution in [2.45, 2.75) is 38.3 Å². The maximum absolute atomic E-state index is 15.3. The zero-order chi connectivity index (χ0) is 40.7. The molecule has 292 valence electrons. The Morgan fingerprint density at radius 1 is 0.931 bits per heavy atom. The van der Waals surface area contributed by atoms with Crippen molar-refractivity contribution in [2.24, 2.45) is 5.92 Å². The lowest BCUT2D eigenvalue weighted by Gasteiger charge is -2.40. The second-order valence-electron chi connectivity index (χ2n) is 14.5. The third-order valence-electron chi connectivity index (χ3n) is 11.3. The molecule has 0 spiro atoms. The Kier molecular flexibility index (Phi) is 10.3. The number of fused-ring (bicyclic) bond motifs is 5. The Balaban J connectivity index is 1.50. The molecule has 8 rings (SSSR count). The first-order chi connectivity index (χ1) is 28.0. The molecule has 0 N–H and O–H groups in total. The fourth-order valence-electron chi connectivity index (χ4n) is 8.68. The Labute approximate surface area is 332 Å². The van der Waals surface area contributed by atoms with Crippen molar-refractivity contribution < 1.29 is 37.0 Å². The van der Waals surface area contributed by atoms with E-state index in [4.69, 9.17) is 14.5 Å². The van der Waals surface area contributed by atoms with Crippen molar-refractivity contribution in [1.82, 2.24) is 14.9 Å². The zero-order valence-corrected chi connectivity index (χ0v) is 31.7. The van der Waals surface area contributed by atoms with Gasteiger partial charge in [-0.2, -0.15) is 18.4 Å². The van der Waals surface area contributed by atoms with Crippen LogP contribution >= 0.6 is 0 Å². The van der Waals surface area contributed by atoms with E-state index < -0.39 is 41.2 Å². The summed E-state index contributed by atoms with van der Waals surface area (Å²) >= 11 is 0. The van der Waals surface area contributed by atoms with Crippen LogP contribution in [-0.2, 0) is 25.2 Å². The standard InChI is InChI=1S/C46H37F3N4O5/c1-3-58-45(56)44-51-18-17-36(52-44)38-26(2)31-9-4-5-10-32(31)33-15-16-34-40(29-7-6-8-30(23-29)46(47,48)49)43(55)35(24-37(54)53-19-21-57-22-20-53)39(42(34)41(33)38)28-13-11-27(25-50)12-14-28/h4-18,23,35,39-40H,3,19-22,24H2,1-2H3. The molecule has 1 saturated heterocycles. The summed E-state index contributed by atoms with van der Waals surface area (Å²) in [5.41, 5.74) is 3.24. The van der Waals surface area contributed by atoms with Crippen molar-refractivity contribution in [1.29, 1.82) is 5.26 Å². The molecule has 1 aromatic heterocycles. The summed E-state index contributed by atoms with van der Waals surface area (Å²) in [5.74, 6) is -4.55. The number of aryl methyl sites for hydroxylation is 1. The number of halogens is 3. The molecule has 1 aliphatic heterocycles. The number of ether oxygens (including phenoxy) is 2. The third kappa shape index (κ3) is 6.85. The van der Waals surface area contributed by atoms with E-state index in [2.05, 4.69) is 11.1 Å². The lowest BCUT2D eigenvalue weighted by molar-refractivity contribution is -0.139. The molecule has 3 unspecified atom stereocenters. The number of carbonyl (C=O) groups is 3. The highest BCUT2D eigenvalue weighted by molar-refractivity contribution is 6.18. The number of nitrogens with zero attached hydrogens (tertiary/aromatic N) is 4. The molecule has 58 heavy (non-hydrogen) atoms. The van der Waals surface area contributed by atoms with Crippen LogP contribution in [0.3, 0.4) is 0 Å². The maximum Gasteiger partial charge on any atom is 0.416 e. The van der Waals surface area contributed by atoms with Gasteiger partial charge >= 0.3 is 12.1 Å². The highest BCUT2D eigenvalue weighted by Gasteiger charge is 2.46. The average Bonchev–Trinajstić information content (AvgIpc) is 3.24. The van der Waals surface area contributed by atoms with Gasteiger partial charge in [0.25, 0.3) is 0 Å². The first-order valence-corrected chi connectivity index (χ1v) is 19.0.